The number of hydrogen-bond acceptors (Lipinski definition) is 5. The van der Waals surface area contributed by atoms with E-state index in [9.17, 15) is 0 Å². The molecule has 1 saturated heterocycles. The first-order valence-electron chi connectivity index (χ1n) is 7.90. The Balaban J connectivity index is 1.59. The molecule has 0 N–H and O–H groups in total. The Morgan fingerprint density at radius 2 is 1.65 bits per heavy atom. The van der Waals surface area contributed by atoms with Crippen LogP contribution in [0, 0.1) is 0 Å². The number of pyridine rings is 3. The zero-order valence-corrected chi connectivity index (χ0v) is 13.2. The van der Waals surface area contributed by atoms with Gasteiger partial charge in [0.15, 0.2) is 0 Å². The molecule has 0 radical (unpaired) electrons. The van der Waals surface area contributed by atoms with Gasteiger partial charge in [-0.3, -0.25) is 9.97 Å². The van der Waals surface area contributed by atoms with Crippen molar-refractivity contribution in [3.05, 3.63) is 48.9 Å². The van der Waals surface area contributed by atoms with Gasteiger partial charge < -0.3 is 9.80 Å². The monoisotopic (exact) mass is 305 g/mol. The Morgan fingerprint density at radius 3 is 2.43 bits per heavy atom. The second-order valence-corrected chi connectivity index (χ2v) is 5.96. The zero-order valence-electron chi connectivity index (χ0n) is 13.2. The van der Waals surface area contributed by atoms with Crippen LogP contribution in [-0.4, -0.2) is 53.1 Å². The van der Waals surface area contributed by atoms with Gasteiger partial charge in [0.05, 0.1) is 11.0 Å². The standard InChI is InChI=1S/C18H19N5/c1-22-7-9-23(10-8-22)18-5-4-14(12-21-18)15-11-17-16(20-13-15)3-2-6-19-17/h2-6,11-13H,7-10H2,1H3. The third-order valence-corrected chi connectivity index (χ3v) is 4.36. The summed E-state index contributed by atoms with van der Waals surface area (Å²) >= 11 is 0. The maximum atomic E-state index is 4.64. The average Bonchev–Trinajstić information content (AvgIpc) is 2.62. The number of piperazine rings is 1. The van der Waals surface area contributed by atoms with Crippen LogP contribution in [0.5, 0.6) is 0 Å². The van der Waals surface area contributed by atoms with Crippen LogP contribution in [0.4, 0.5) is 5.82 Å². The van der Waals surface area contributed by atoms with Crippen molar-refractivity contribution in [3.63, 3.8) is 0 Å². The minimum Gasteiger partial charge on any atom is -0.354 e. The van der Waals surface area contributed by atoms with Crippen molar-refractivity contribution in [2.45, 2.75) is 0 Å². The number of aromatic nitrogens is 3. The summed E-state index contributed by atoms with van der Waals surface area (Å²) < 4.78 is 0. The molecule has 3 aromatic rings. The lowest BCUT2D eigenvalue weighted by Gasteiger charge is -2.33. The highest BCUT2D eigenvalue weighted by molar-refractivity contribution is 5.79. The van der Waals surface area contributed by atoms with Crippen molar-refractivity contribution in [1.82, 2.24) is 19.9 Å². The summed E-state index contributed by atoms with van der Waals surface area (Å²) in [4.78, 5) is 18.2. The molecule has 0 saturated carbocycles. The molecule has 0 aliphatic carbocycles. The van der Waals surface area contributed by atoms with Crippen molar-refractivity contribution in [2.75, 3.05) is 38.1 Å². The average molecular weight is 305 g/mol. The summed E-state index contributed by atoms with van der Waals surface area (Å²) in [6.07, 6.45) is 5.61. The summed E-state index contributed by atoms with van der Waals surface area (Å²) in [6, 6.07) is 10.2. The first kappa shape index (κ1) is 14.1. The third kappa shape index (κ3) is 2.87. The number of rotatable bonds is 2. The smallest absolute Gasteiger partial charge is 0.128 e. The van der Waals surface area contributed by atoms with Crippen LogP contribution in [0.1, 0.15) is 0 Å². The van der Waals surface area contributed by atoms with Crippen molar-refractivity contribution < 1.29 is 0 Å². The van der Waals surface area contributed by atoms with Crippen LogP contribution in [-0.2, 0) is 0 Å². The van der Waals surface area contributed by atoms with E-state index < -0.39 is 0 Å². The van der Waals surface area contributed by atoms with Gasteiger partial charge in [-0.25, -0.2) is 4.98 Å². The summed E-state index contributed by atoms with van der Waals surface area (Å²) in [5.41, 5.74) is 3.95. The SMILES string of the molecule is CN1CCN(c2ccc(-c3cnc4cccnc4c3)cn2)CC1. The summed E-state index contributed by atoms with van der Waals surface area (Å²) in [5, 5.41) is 0. The predicted molar refractivity (Wildman–Crippen MR) is 92.5 cm³/mol. The Hall–Kier alpha value is -2.53. The summed E-state index contributed by atoms with van der Waals surface area (Å²) in [7, 11) is 2.16. The maximum absolute atomic E-state index is 4.64. The fourth-order valence-electron chi connectivity index (χ4n) is 2.89. The highest BCUT2D eigenvalue weighted by atomic mass is 15.3. The van der Waals surface area contributed by atoms with E-state index in [1.807, 2.05) is 24.5 Å². The molecule has 23 heavy (non-hydrogen) atoms. The van der Waals surface area contributed by atoms with Gasteiger partial charge in [0, 0.05) is 55.9 Å². The quantitative estimate of drug-likeness (QED) is 0.727. The van der Waals surface area contributed by atoms with Crippen LogP contribution >= 0.6 is 0 Å². The zero-order chi connectivity index (χ0) is 15.6. The van der Waals surface area contributed by atoms with Gasteiger partial charge in [-0.15, -0.1) is 0 Å². The molecular weight excluding hydrogens is 286 g/mol. The van der Waals surface area contributed by atoms with Crippen LogP contribution < -0.4 is 4.90 Å². The Morgan fingerprint density at radius 1 is 0.826 bits per heavy atom. The Labute approximate surface area is 135 Å². The molecule has 1 fully saturated rings. The van der Waals surface area contributed by atoms with Crippen LogP contribution in [0.3, 0.4) is 0 Å². The normalized spacial score (nSPS) is 16.0. The molecule has 5 heteroatoms. The van der Waals surface area contributed by atoms with E-state index in [0.717, 1.165) is 54.2 Å². The van der Waals surface area contributed by atoms with E-state index in [2.05, 4.69) is 50.0 Å². The first-order chi connectivity index (χ1) is 11.3. The minimum atomic E-state index is 0.910. The predicted octanol–water partition coefficient (Wildman–Crippen LogP) is 2.44. The lowest BCUT2D eigenvalue weighted by Crippen LogP contribution is -2.44. The third-order valence-electron chi connectivity index (χ3n) is 4.36. The first-order valence-corrected chi connectivity index (χ1v) is 7.90. The van der Waals surface area contributed by atoms with Gasteiger partial charge in [-0.05, 0) is 37.4 Å². The van der Waals surface area contributed by atoms with E-state index in [4.69, 9.17) is 0 Å². The van der Waals surface area contributed by atoms with Gasteiger partial charge in [0.1, 0.15) is 5.82 Å². The largest absolute Gasteiger partial charge is 0.354 e. The summed E-state index contributed by atoms with van der Waals surface area (Å²) in [6.45, 7) is 4.24. The maximum Gasteiger partial charge on any atom is 0.128 e. The number of hydrogen-bond donors (Lipinski definition) is 0. The molecule has 5 nitrogen and oxygen atoms in total. The van der Waals surface area contributed by atoms with E-state index in [1.165, 1.54) is 0 Å². The number of fused-ring (bicyclic) bond motifs is 1. The fourth-order valence-corrected chi connectivity index (χ4v) is 2.89. The highest BCUT2D eigenvalue weighted by Crippen LogP contribution is 2.23. The Bertz CT molecular complexity index is 807. The fraction of sp³-hybridized carbons (Fsp3) is 0.278. The highest BCUT2D eigenvalue weighted by Gasteiger charge is 2.15. The molecule has 3 aromatic heterocycles. The van der Waals surface area contributed by atoms with Crippen LogP contribution in [0.2, 0.25) is 0 Å². The summed E-state index contributed by atoms with van der Waals surface area (Å²) in [5.74, 6) is 1.05. The van der Waals surface area contributed by atoms with E-state index in [1.54, 1.807) is 6.20 Å². The minimum absolute atomic E-state index is 0.910. The molecule has 116 valence electrons. The van der Waals surface area contributed by atoms with Gasteiger partial charge in [0.25, 0.3) is 0 Å². The molecule has 0 atom stereocenters. The lowest BCUT2D eigenvalue weighted by atomic mass is 10.1. The van der Waals surface area contributed by atoms with Gasteiger partial charge in [-0.1, -0.05) is 0 Å². The second kappa shape index (κ2) is 5.93. The van der Waals surface area contributed by atoms with Gasteiger partial charge >= 0.3 is 0 Å². The van der Waals surface area contributed by atoms with E-state index in [-0.39, 0.29) is 0 Å². The molecule has 0 amide bonds. The van der Waals surface area contributed by atoms with E-state index >= 15 is 0 Å². The number of anilines is 1. The molecular formula is C18H19N5. The second-order valence-electron chi connectivity index (χ2n) is 5.96. The van der Waals surface area contributed by atoms with Crippen molar-refractivity contribution in [2.24, 2.45) is 0 Å². The van der Waals surface area contributed by atoms with E-state index in [0.29, 0.717) is 0 Å². The molecule has 0 unspecified atom stereocenters. The number of nitrogens with zero attached hydrogens (tertiary/aromatic N) is 5. The van der Waals surface area contributed by atoms with Crippen molar-refractivity contribution in [3.8, 4) is 11.1 Å². The topological polar surface area (TPSA) is 45.2 Å². The van der Waals surface area contributed by atoms with Gasteiger partial charge in [-0.2, -0.15) is 0 Å². The van der Waals surface area contributed by atoms with Crippen LogP contribution in [0.25, 0.3) is 22.2 Å². The lowest BCUT2D eigenvalue weighted by molar-refractivity contribution is 0.312. The Kier molecular flexibility index (Phi) is 3.63. The molecule has 1 aliphatic rings. The molecule has 1 aliphatic heterocycles. The van der Waals surface area contributed by atoms with Gasteiger partial charge in [0.2, 0.25) is 0 Å². The molecule has 4 heterocycles. The molecule has 0 spiro atoms. The van der Waals surface area contributed by atoms with Crippen molar-refractivity contribution >= 4 is 16.9 Å². The number of likely N-dealkylation sites (N-methyl/N-ethyl adjacent to an activating group) is 1. The molecule has 4 rings (SSSR count). The molecule has 0 bridgehead atoms. The van der Waals surface area contributed by atoms with Crippen LogP contribution in [0.15, 0.2) is 48.9 Å². The molecule has 0 aromatic carbocycles. The van der Waals surface area contributed by atoms with Crippen molar-refractivity contribution in [1.29, 1.82) is 0 Å².